The lowest BCUT2D eigenvalue weighted by Gasteiger charge is -2.06. The lowest BCUT2D eigenvalue weighted by atomic mass is 10.2. The maximum atomic E-state index is 12.9. The number of thioether (sulfide) groups is 1. The fourth-order valence-corrected chi connectivity index (χ4v) is 3.07. The molecule has 0 unspecified atom stereocenters. The van der Waals surface area contributed by atoms with Crippen molar-refractivity contribution in [2.24, 2.45) is 0 Å². The highest BCUT2D eigenvalue weighted by atomic mass is 79.9. The summed E-state index contributed by atoms with van der Waals surface area (Å²) in [5.41, 5.74) is 2.35. The average molecular weight is 406 g/mol. The van der Waals surface area contributed by atoms with Gasteiger partial charge in [0.15, 0.2) is 5.16 Å². The van der Waals surface area contributed by atoms with Crippen LogP contribution >= 0.6 is 27.7 Å². The molecule has 122 valence electrons. The summed E-state index contributed by atoms with van der Waals surface area (Å²) in [4.78, 5) is 19.4. The molecule has 0 aliphatic rings. The van der Waals surface area contributed by atoms with Crippen LogP contribution in [0.2, 0.25) is 0 Å². The van der Waals surface area contributed by atoms with E-state index in [1.807, 2.05) is 24.3 Å². The van der Waals surface area contributed by atoms with Crippen molar-refractivity contribution in [3.63, 3.8) is 0 Å². The van der Waals surface area contributed by atoms with Gasteiger partial charge in [0.25, 0.3) is 0 Å². The van der Waals surface area contributed by atoms with Crippen molar-refractivity contribution in [2.75, 3.05) is 11.1 Å². The first-order valence-corrected chi connectivity index (χ1v) is 8.88. The Morgan fingerprint density at radius 1 is 1.21 bits per heavy atom. The van der Waals surface area contributed by atoms with Crippen LogP contribution in [0.5, 0.6) is 0 Å². The fraction of sp³-hybridized carbons (Fsp3) is 0.0588. The molecule has 3 rings (SSSR count). The monoisotopic (exact) mass is 405 g/mol. The molecule has 1 aromatic heterocycles. The van der Waals surface area contributed by atoms with Crippen LogP contribution in [0.4, 0.5) is 10.1 Å². The molecule has 24 heavy (non-hydrogen) atoms. The molecule has 0 saturated heterocycles. The van der Waals surface area contributed by atoms with Gasteiger partial charge in [0.2, 0.25) is 5.91 Å². The molecule has 0 spiro atoms. The van der Waals surface area contributed by atoms with E-state index < -0.39 is 0 Å². The van der Waals surface area contributed by atoms with Crippen LogP contribution in [0.15, 0.2) is 64.4 Å². The van der Waals surface area contributed by atoms with Gasteiger partial charge >= 0.3 is 0 Å². The SMILES string of the molecule is O=C(CSc1ncc(-c2ccc(F)cc2)[nH]1)Nc1ccccc1Br. The number of nitrogens with zero attached hydrogens (tertiary/aromatic N) is 1. The minimum Gasteiger partial charge on any atom is -0.333 e. The van der Waals surface area contributed by atoms with E-state index in [-0.39, 0.29) is 17.5 Å². The molecule has 0 bridgehead atoms. The van der Waals surface area contributed by atoms with E-state index in [9.17, 15) is 9.18 Å². The van der Waals surface area contributed by atoms with E-state index in [1.165, 1.54) is 23.9 Å². The first kappa shape index (κ1) is 16.7. The van der Waals surface area contributed by atoms with Crippen molar-refractivity contribution < 1.29 is 9.18 Å². The van der Waals surface area contributed by atoms with Gasteiger partial charge in [0.05, 0.1) is 23.3 Å². The van der Waals surface area contributed by atoms with E-state index in [0.717, 1.165) is 21.4 Å². The number of imidazole rings is 1. The Morgan fingerprint density at radius 3 is 2.71 bits per heavy atom. The predicted molar refractivity (Wildman–Crippen MR) is 97.5 cm³/mol. The molecular formula is C17H13BrFN3OS. The first-order chi connectivity index (χ1) is 11.6. The van der Waals surface area contributed by atoms with E-state index in [4.69, 9.17) is 0 Å². The summed E-state index contributed by atoms with van der Waals surface area (Å²) in [5.74, 6) is -0.166. The predicted octanol–water partition coefficient (Wildman–Crippen LogP) is 4.71. The van der Waals surface area contributed by atoms with Crippen molar-refractivity contribution >= 4 is 39.3 Å². The molecule has 3 aromatic rings. The molecular weight excluding hydrogens is 393 g/mol. The van der Waals surface area contributed by atoms with Crippen molar-refractivity contribution in [1.82, 2.24) is 9.97 Å². The highest BCUT2D eigenvalue weighted by molar-refractivity contribution is 9.10. The average Bonchev–Trinajstić information content (AvgIpc) is 3.05. The standard InChI is InChI=1S/C17H13BrFN3OS/c18-13-3-1-2-4-14(13)21-16(23)10-24-17-20-9-15(22-17)11-5-7-12(19)8-6-11/h1-9H,10H2,(H,20,22)(H,21,23). The lowest BCUT2D eigenvalue weighted by molar-refractivity contribution is -0.113. The quantitative estimate of drug-likeness (QED) is 0.604. The van der Waals surface area contributed by atoms with Gasteiger partial charge in [-0.05, 0) is 57.9 Å². The second-order valence-electron chi connectivity index (χ2n) is 4.93. The van der Waals surface area contributed by atoms with Gasteiger partial charge in [-0.25, -0.2) is 9.37 Å². The molecule has 1 amide bonds. The second kappa shape index (κ2) is 7.63. The minimum absolute atomic E-state index is 0.119. The van der Waals surface area contributed by atoms with Crippen LogP contribution in [0, 0.1) is 5.82 Å². The summed E-state index contributed by atoms with van der Waals surface area (Å²) >= 11 is 4.69. The summed E-state index contributed by atoms with van der Waals surface area (Å²) in [5, 5.41) is 3.47. The smallest absolute Gasteiger partial charge is 0.234 e. The Hall–Kier alpha value is -2.12. The number of halogens is 2. The van der Waals surface area contributed by atoms with Crippen molar-refractivity contribution in [2.45, 2.75) is 5.16 Å². The van der Waals surface area contributed by atoms with E-state index >= 15 is 0 Å². The molecule has 7 heteroatoms. The largest absolute Gasteiger partial charge is 0.333 e. The Morgan fingerprint density at radius 2 is 1.96 bits per heavy atom. The maximum Gasteiger partial charge on any atom is 0.234 e. The van der Waals surface area contributed by atoms with Gasteiger partial charge in [-0.3, -0.25) is 4.79 Å². The molecule has 0 atom stereocenters. The topological polar surface area (TPSA) is 57.8 Å². The van der Waals surface area contributed by atoms with Crippen LogP contribution in [-0.4, -0.2) is 21.6 Å². The molecule has 2 aromatic carbocycles. The fourth-order valence-electron chi connectivity index (χ4n) is 2.04. The molecule has 0 saturated carbocycles. The molecule has 0 aliphatic heterocycles. The molecule has 0 fully saturated rings. The van der Waals surface area contributed by atoms with E-state index in [0.29, 0.717) is 5.16 Å². The molecule has 2 N–H and O–H groups in total. The Bertz CT molecular complexity index is 851. The number of para-hydroxylation sites is 1. The number of H-pyrrole nitrogens is 1. The summed E-state index contributed by atoms with van der Waals surface area (Å²) in [6.07, 6.45) is 1.67. The molecule has 0 radical (unpaired) electrons. The Kier molecular flexibility index (Phi) is 5.32. The number of amides is 1. The third-order valence-corrected chi connectivity index (χ3v) is 4.77. The summed E-state index contributed by atoms with van der Waals surface area (Å²) < 4.78 is 13.8. The number of hydrogen-bond donors (Lipinski definition) is 2. The number of hydrogen-bond acceptors (Lipinski definition) is 3. The Balaban J connectivity index is 1.58. The molecule has 0 aliphatic carbocycles. The zero-order chi connectivity index (χ0) is 16.9. The van der Waals surface area contributed by atoms with Crippen LogP contribution in [0.25, 0.3) is 11.3 Å². The van der Waals surface area contributed by atoms with Crippen molar-refractivity contribution in [1.29, 1.82) is 0 Å². The summed E-state index contributed by atoms with van der Waals surface area (Å²) in [6.45, 7) is 0. The van der Waals surface area contributed by atoms with E-state index in [1.54, 1.807) is 18.3 Å². The molecule has 1 heterocycles. The second-order valence-corrected chi connectivity index (χ2v) is 6.74. The lowest BCUT2D eigenvalue weighted by Crippen LogP contribution is -2.14. The van der Waals surface area contributed by atoms with Gasteiger partial charge in [0.1, 0.15) is 5.82 Å². The first-order valence-electron chi connectivity index (χ1n) is 7.10. The van der Waals surface area contributed by atoms with Crippen molar-refractivity contribution in [3.8, 4) is 11.3 Å². The number of benzene rings is 2. The van der Waals surface area contributed by atoms with Gasteiger partial charge in [-0.2, -0.15) is 0 Å². The van der Waals surface area contributed by atoms with Crippen LogP contribution in [-0.2, 0) is 4.79 Å². The highest BCUT2D eigenvalue weighted by Gasteiger charge is 2.09. The summed E-state index contributed by atoms with van der Waals surface area (Å²) in [7, 11) is 0. The van der Waals surface area contributed by atoms with E-state index in [2.05, 4.69) is 31.2 Å². The number of aromatic amines is 1. The van der Waals surface area contributed by atoms with Crippen LogP contribution in [0.1, 0.15) is 0 Å². The maximum absolute atomic E-state index is 12.9. The van der Waals surface area contributed by atoms with Gasteiger partial charge < -0.3 is 10.3 Å². The van der Waals surface area contributed by atoms with Gasteiger partial charge in [-0.1, -0.05) is 23.9 Å². The van der Waals surface area contributed by atoms with Crippen LogP contribution < -0.4 is 5.32 Å². The number of carbonyl (C=O) groups is 1. The summed E-state index contributed by atoms with van der Waals surface area (Å²) in [6, 6.07) is 13.6. The Labute approximate surface area is 151 Å². The minimum atomic E-state index is -0.281. The number of aromatic nitrogens is 2. The third-order valence-electron chi connectivity index (χ3n) is 3.20. The number of rotatable bonds is 5. The number of anilines is 1. The number of carbonyl (C=O) groups excluding carboxylic acids is 1. The highest BCUT2D eigenvalue weighted by Crippen LogP contribution is 2.23. The third kappa shape index (κ3) is 4.24. The number of nitrogens with one attached hydrogen (secondary N) is 2. The zero-order valence-corrected chi connectivity index (χ0v) is 14.8. The molecule has 4 nitrogen and oxygen atoms in total. The van der Waals surface area contributed by atoms with Gasteiger partial charge in [-0.15, -0.1) is 0 Å². The zero-order valence-electron chi connectivity index (χ0n) is 12.4. The van der Waals surface area contributed by atoms with Gasteiger partial charge in [0, 0.05) is 4.47 Å². The van der Waals surface area contributed by atoms with Crippen molar-refractivity contribution in [3.05, 3.63) is 65.0 Å². The normalized spacial score (nSPS) is 10.6. The van der Waals surface area contributed by atoms with Crippen LogP contribution in [0.3, 0.4) is 0 Å².